The fraction of sp³-hybridized carbons (Fsp3) is 0.440. The Kier molecular flexibility index (Phi) is 8.47. The topological polar surface area (TPSA) is 61.9 Å². The number of ether oxygens (including phenoxy) is 1. The van der Waals surface area contributed by atoms with Crippen LogP contribution in [-0.4, -0.2) is 61.4 Å². The molecule has 0 aliphatic carbocycles. The van der Waals surface area contributed by atoms with Gasteiger partial charge in [0.05, 0.1) is 13.7 Å². The van der Waals surface area contributed by atoms with Crippen LogP contribution >= 0.6 is 0 Å². The summed E-state index contributed by atoms with van der Waals surface area (Å²) < 4.78 is 5.17. The van der Waals surface area contributed by atoms with Crippen LogP contribution in [0.15, 0.2) is 48.5 Å². The highest BCUT2D eigenvalue weighted by molar-refractivity contribution is 5.78. The van der Waals surface area contributed by atoms with E-state index < -0.39 is 0 Å². The van der Waals surface area contributed by atoms with Crippen molar-refractivity contribution in [2.24, 2.45) is 0 Å². The molecule has 2 amide bonds. The molecule has 31 heavy (non-hydrogen) atoms. The molecular formula is C25H33N3O3. The molecule has 1 heterocycles. The maximum Gasteiger partial charge on any atom is 0.234 e. The van der Waals surface area contributed by atoms with Gasteiger partial charge in [-0.1, -0.05) is 42.0 Å². The molecule has 0 aromatic heterocycles. The van der Waals surface area contributed by atoms with E-state index in [1.165, 1.54) is 5.56 Å². The van der Waals surface area contributed by atoms with Crippen LogP contribution < -0.4 is 10.1 Å². The highest BCUT2D eigenvalue weighted by Crippen LogP contribution is 2.14. The first kappa shape index (κ1) is 22.8. The molecule has 6 heteroatoms. The van der Waals surface area contributed by atoms with E-state index >= 15 is 0 Å². The molecule has 1 aliphatic rings. The predicted octanol–water partition coefficient (Wildman–Crippen LogP) is 2.79. The smallest absolute Gasteiger partial charge is 0.234 e. The monoisotopic (exact) mass is 423 g/mol. The lowest BCUT2D eigenvalue weighted by molar-refractivity contribution is -0.131. The van der Waals surface area contributed by atoms with Crippen molar-refractivity contribution in [3.8, 4) is 5.75 Å². The van der Waals surface area contributed by atoms with Gasteiger partial charge in [0.25, 0.3) is 0 Å². The van der Waals surface area contributed by atoms with Crippen LogP contribution in [0.2, 0.25) is 0 Å². The molecule has 166 valence electrons. The molecule has 0 saturated carbocycles. The number of nitrogens with one attached hydrogen (secondary N) is 1. The second-order valence-electron chi connectivity index (χ2n) is 8.12. The van der Waals surface area contributed by atoms with Gasteiger partial charge in [-0.2, -0.15) is 0 Å². The molecule has 0 unspecified atom stereocenters. The molecule has 3 rings (SSSR count). The van der Waals surface area contributed by atoms with Crippen LogP contribution in [0.1, 0.15) is 29.5 Å². The van der Waals surface area contributed by atoms with Crippen LogP contribution in [-0.2, 0) is 22.6 Å². The Morgan fingerprint density at radius 3 is 2.35 bits per heavy atom. The zero-order valence-electron chi connectivity index (χ0n) is 18.6. The summed E-state index contributed by atoms with van der Waals surface area (Å²) in [6.45, 7) is 5.96. The second kappa shape index (κ2) is 11.5. The average Bonchev–Trinajstić information content (AvgIpc) is 3.03. The first-order valence-electron chi connectivity index (χ1n) is 11.0. The van der Waals surface area contributed by atoms with E-state index in [4.69, 9.17) is 4.74 Å². The Morgan fingerprint density at radius 2 is 1.65 bits per heavy atom. The molecule has 2 aromatic carbocycles. The molecule has 1 saturated heterocycles. The Bertz CT molecular complexity index is 849. The first-order chi connectivity index (χ1) is 15.0. The summed E-state index contributed by atoms with van der Waals surface area (Å²) in [5, 5.41) is 3.00. The number of carbonyl (C=O) groups is 2. The first-order valence-corrected chi connectivity index (χ1v) is 11.0. The zero-order valence-corrected chi connectivity index (χ0v) is 18.6. The number of carbonyl (C=O) groups excluding carboxylic acids is 2. The molecule has 0 spiro atoms. The number of hydrogen-bond donors (Lipinski definition) is 1. The van der Waals surface area contributed by atoms with Crippen LogP contribution in [0, 0.1) is 6.92 Å². The van der Waals surface area contributed by atoms with Gasteiger partial charge in [0.2, 0.25) is 11.8 Å². The van der Waals surface area contributed by atoms with Gasteiger partial charge in [-0.05, 0) is 43.0 Å². The lowest BCUT2D eigenvalue weighted by atomic mass is 10.1. The maximum absolute atomic E-state index is 12.7. The number of nitrogens with zero attached hydrogens (tertiary/aromatic N) is 2. The van der Waals surface area contributed by atoms with Gasteiger partial charge in [-0.25, -0.2) is 0 Å². The van der Waals surface area contributed by atoms with Crippen molar-refractivity contribution in [1.29, 1.82) is 0 Å². The van der Waals surface area contributed by atoms with Gasteiger partial charge in [-0.3, -0.25) is 14.5 Å². The summed E-state index contributed by atoms with van der Waals surface area (Å²) in [6.07, 6.45) is 2.12. The third kappa shape index (κ3) is 7.40. The minimum atomic E-state index is 0.0276. The number of aryl methyl sites for hydroxylation is 2. The van der Waals surface area contributed by atoms with Gasteiger partial charge in [-0.15, -0.1) is 0 Å². The summed E-state index contributed by atoms with van der Waals surface area (Å²) >= 11 is 0. The van der Waals surface area contributed by atoms with Crippen molar-refractivity contribution in [3.05, 3.63) is 65.2 Å². The minimum absolute atomic E-state index is 0.0276. The van der Waals surface area contributed by atoms with Crippen LogP contribution in [0.5, 0.6) is 5.75 Å². The maximum atomic E-state index is 12.7. The fourth-order valence-corrected chi connectivity index (χ4v) is 3.75. The van der Waals surface area contributed by atoms with Crippen molar-refractivity contribution >= 4 is 11.8 Å². The van der Waals surface area contributed by atoms with Crippen LogP contribution in [0.4, 0.5) is 0 Å². The number of benzene rings is 2. The van der Waals surface area contributed by atoms with Gasteiger partial charge in [0.1, 0.15) is 5.75 Å². The van der Waals surface area contributed by atoms with E-state index in [0.717, 1.165) is 49.4 Å². The molecule has 6 nitrogen and oxygen atoms in total. The highest BCUT2D eigenvalue weighted by atomic mass is 16.5. The Labute approximate surface area is 185 Å². The van der Waals surface area contributed by atoms with E-state index in [0.29, 0.717) is 26.1 Å². The summed E-state index contributed by atoms with van der Waals surface area (Å²) in [5.41, 5.74) is 3.45. The summed E-state index contributed by atoms with van der Waals surface area (Å²) in [5.74, 6) is 1.03. The van der Waals surface area contributed by atoms with Gasteiger partial charge in [0, 0.05) is 39.1 Å². The number of rotatable bonds is 8. The van der Waals surface area contributed by atoms with Crippen LogP contribution in [0.3, 0.4) is 0 Å². The quantitative estimate of drug-likeness (QED) is 0.709. The Balaban J connectivity index is 1.39. The lowest BCUT2D eigenvalue weighted by Gasteiger charge is -2.22. The number of hydrogen-bond acceptors (Lipinski definition) is 4. The number of methoxy groups -OCH3 is 1. The van der Waals surface area contributed by atoms with Gasteiger partial charge >= 0.3 is 0 Å². The average molecular weight is 424 g/mol. The largest absolute Gasteiger partial charge is 0.497 e. The molecular weight excluding hydrogens is 390 g/mol. The Morgan fingerprint density at radius 1 is 0.935 bits per heavy atom. The van der Waals surface area contributed by atoms with E-state index in [1.807, 2.05) is 41.3 Å². The highest BCUT2D eigenvalue weighted by Gasteiger charge is 2.20. The lowest BCUT2D eigenvalue weighted by Crippen LogP contribution is -2.39. The fourth-order valence-electron chi connectivity index (χ4n) is 3.75. The molecule has 1 fully saturated rings. The van der Waals surface area contributed by atoms with Gasteiger partial charge < -0.3 is 15.0 Å². The van der Waals surface area contributed by atoms with E-state index in [1.54, 1.807) is 7.11 Å². The van der Waals surface area contributed by atoms with Crippen molar-refractivity contribution in [1.82, 2.24) is 15.1 Å². The molecule has 1 N–H and O–H groups in total. The second-order valence-corrected chi connectivity index (χ2v) is 8.12. The zero-order chi connectivity index (χ0) is 22.1. The van der Waals surface area contributed by atoms with Crippen molar-refractivity contribution in [3.63, 3.8) is 0 Å². The van der Waals surface area contributed by atoms with Crippen LogP contribution in [0.25, 0.3) is 0 Å². The Hall–Kier alpha value is -2.86. The van der Waals surface area contributed by atoms with E-state index in [9.17, 15) is 9.59 Å². The molecule has 0 atom stereocenters. The van der Waals surface area contributed by atoms with Crippen molar-refractivity contribution < 1.29 is 14.3 Å². The summed E-state index contributed by atoms with van der Waals surface area (Å²) in [7, 11) is 1.65. The van der Waals surface area contributed by atoms with Gasteiger partial charge in [0.15, 0.2) is 0 Å². The van der Waals surface area contributed by atoms with Crippen molar-refractivity contribution in [2.75, 3.05) is 39.8 Å². The number of amides is 2. The SMILES string of the molecule is COc1ccc(CCC(=O)N2CCCN(CC(=O)NCc3ccc(C)cc3)CC2)cc1. The molecule has 1 aliphatic heterocycles. The third-order valence-corrected chi connectivity index (χ3v) is 5.71. The normalized spacial score (nSPS) is 14.7. The predicted molar refractivity (Wildman–Crippen MR) is 122 cm³/mol. The third-order valence-electron chi connectivity index (χ3n) is 5.71. The van der Waals surface area contributed by atoms with Crippen molar-refractivity contribution in [2.45, 2.75) is 32.7 Å². The standard InChI is InChI=1S/C25H33N3O3/c1-20-4-6-22(7-5-20)18-26-24(29)19-27-14-3-15-28(17-16-27)25(30)13-10-21-8-11-23(31-2)12-9-21/h4-9,11-12H,3,10,13-19H2,1-2H3,(H,26,29). The molecule has 2 aromatic rings. The van der Waals surface area contributed by atoms with E-state index in [-0.39, 0.29) is 11.8 Å². The minimum Gasteiger partial charge on any atom is -0.497 e. The summed E-state index contributed by atoms with van der Waals surface area (Å²) in [4.78, 5) is 29.1. The van der Waals surface area contributed by atoms with E-state index in [2.05, 4.69) is 29.3 Å². The molecule has 0 bridgehead atoms. The summed E-state index contributed by atoms with van der Waals surface area (Å²) in [6, 6.07) is 16.0. The molecule has 0 radical (unpaired) electrons.